The first-order valence-electron chi connectivity index (χ1n) is 7.02. The smallest absolute Gasteiger partial charge is 0.317 e. The fourth-order valence-electron chi connectivity index (χ4n) is 2.00. The molecule has 1 saturated carbocycles. The first-order chi connectivity index (χ1) is 9.15. The van der Waals surface area contributed by atoms with Crippen LogP contribution in [0.2, 0.25) is 0 Å². The van der Waals surface area contributed by atoms with E-state index in [0.717, 1.165) is 32.1 Å². The highest BCUT2D eigenvalue weighted by Gasteiger charge is 2.31. The second-order valence-electron chi connectivity index (χ2n) is 4.94. The Labute approximate surface area is 113 Å². The van der Waals surface area contributed by atoms with E-state index >= 15 is 0 Å². The standard InChI is InChI=1S/C13H24N2O4/c16-10-9-15(11-6-7-11)13(19)14-8-4-2-1-3-5-12(17)18/h11,16H,1-10H2,(H,14,19)(H,17,18). The lowest BCUT2D eigenvalue weighted by atomic mass is 10.1. The number of aliphatic hydroxyl groups is 1. The van der Waals surface area contributed by atoms with E-state index in [0.29, 0.717) is 25.6 Å². The highest BCUT2D eigenvalue weighted by Crippen LogP contribution is 2.26. The van der Waals surface area contributed by atoms with Gasteiger partial charge in [0.1, 0.15) is 0 Å². The predicted molar refractivity (Wildman–Crippen MR) is 70.9 cm³/mol. The van der Waals surface area contributed by atoms with E-state index in [-0.39, 0.29) is 19.1 Å². The van der Waals surface area contributed by atoms with Gasteiger partial charge in [0.2, 0.25) is 0 Å². The zero-order valence-corrected chi connectivity index (χ0v) is 11.3. The van der Waals surface area contributed by atoms with Crippen LogP contribution in [0.25, 0.3) is 0 Å². The summed E-state index contributed by atoms with van der Waals surface area (Å²) in [5, 5.41) is 20.2. The topological polar surface area (TPSA) is 89.9 Å². The van der Waals surface area contributed by atoms with Crippen LogP contribution in [-0.2, 0) is 4.79 Å². The molecule has 0 saturated heterocycles. The van der Waals surface area contributed by atoms with Crippen molar-refractivity contribution in [1.29, 1.82) is 0 Å². The SMILES string of the molecule is O=C(O)CCCCCCNC(=O)N(CCO)C1CC1. The number of aliphatic carboxylic acids is 1. The Morgan fingerprint density at radius 3 is 2.42 bits per heavy atom. The van der Waals surface area contributed by atoms with Gasteiger partial charge in [-0.3, -0.25) is 4.79 Å². The molecule has 0 unspecified atom stereocenters. The quantitative estimate of drug-likeness (QED) is 0.521. The Bertz CT molecular complexity index is 292. The fraction of sp³-hybridized carbons (Fsp3) is 0.846. The fourth-order valence-corrected chi connectivity index (χ4v) is 2.00. The van der Waals surface area contributed by atoms with E-state index in [1.165, 1.54) is 0 Å². The van der Waals surface area contributed by atoms with Gasteiger partial charge in [-0.2, -0.15) is 0 Å². The summed E-state index contributed by atoms with van der Waals surface area (Å²) >= 11 is 0. The number of hydrogen-bond donors (Lipinski definition) is 3. The van der Waals surface area contributed by atoms with Crippen molar-refractivity contribution in [1.82, 2.24) is 10.2 Å². The second-order valence-corrected chi connectivity index (χ2v) is 4.94. The third kappa shape index (κ3) is 7.00. The van der Waals surface area contributed by atoms with E-state index < -0.39 is 5.97 Å². The van der Waals surface area contributed by atoms with E-state index in [1.807, 2.05) is 0 Å². The van der Waals surface area contributed by atoms with Gasteiger partial charge in [-0.15, -0.1) is 0 Å². The summed E-state index contributed by atoms with van der Waals surface area (Å²) in [5.41, 5.74) is 0. The van der Waals surface area contributed by atoms with Gasteiger partial charge in [0.05, 0.1) is 6.61 Å². The van der Waals surface area contributed by atoms with Crippen molar-refractivity contribution in [3.8, 4) is 0 Å². The molecule has 1 fully saturated rings. The Kier molecular flexibility index (Phi) is 7.25. The molecule has 1 aliphatic rings. The largest absolute Gasteiger partial charge is 0.481 e. The number of nitrogens with one attached hydrogen (secondary N) is 1. The molecule has 1 rings (SSSR count). The van der Waals surface area contributed by atoms with E-state index in [1.54, 1.807) is 4.90 Å². The van der Waals surface area contributed by atoms with Crippen molar-refractivity contribution in [2.24, 2.45) is 0 Å². The number of carbonyl (C=O) groups is 2. The molecule has 0 aromatic heterocycles. The number of urea groups is 1. The molecule has 2 amide bonds. The molecule has 0 radical (unpaired) electrons. The van der Waals surface area contributed by atoms with Crippen LogP contribution in [0.3, 0.4) is 0 Å². The monoisotopic (exact) mass is 272 g/mol. The highest BCUT2D eigenvalue weighted by molar-refractivity contribution is 5.74. The lowest BCUT2D eigenvalue weighted by molar-refractivity contribution is -0.137. The van der Waals surface area contributed by atoms with Crippen molar-refractivity contribution in [2.75, 3.05) is 19.7 Å². The molecule has 0 atom stereocenters. The van der Waals surface area contributed by atoms with Crippen LogP contribution in [0.15, 0.2) is 0 Å². The van der Waals surface area contributed by atoms with Gasteiger partial charge in [-0.1, -0.05) is 12.8 Å². The molecule has 1 aliphatic carbocycles. The van der Waals surface area contributed by atoms with Crippen molar-refractivity contribution in [3.63, 3.8) is 0 Å². The molecule has 0 heterocycles. The average molecular weight is 272 g/mol. The Hall–Kier alpha value is -1.30. The first kappa shape index (κ1) is 15.8. The summed E-state index contributed by atoms with van der Waals surface area (Å²) < 4.78 is 0. The number of unbranched alkanes of at least 4 members (excludes halogenated alkanes) is 3. The summed E-state index contributed by atoms with van der Waals surface area (Å²) in [6, 6.07) is 0.213. The molecule has 0 bridgehead atoms. The number of carboxylic acid groups (broad SMARTS) is 1. The third-order valence-corrected chi connectivity index (χ3v) is 3.18. The van der Waals surface area contributed by atoms with Gasteiger partial charge in [0, 0.05) is 25.6 Å². The maximum Gasteiger partial charge on any atom is 0.317 e. The number of carbonyl (C=O) groups excluding carboxylic acids is 1. The number of hydrogen-bond acceptors (Lipinski definition) is 3. The number of carboxylic acids is 1. The molecule has 3 N–H and O–H groups in total. The molecule has 0 aromatic rings. The maximum atomic E-state index is 11.8. The normalized spacial score (nSPS) is 14.2. The van der Waals surface area contributed by atoms with Gasteiger partial charge in [-0.25, -0.2) is 4.79 Å². The van der Waals surface area contributed by atoms with E-state index in [9.17, 15) is 9.59 Å². The highest BCUT2D eigenvalue weighted by atomic mass is 16.4. The van der Waals surface area contributed by atoms with Crippen LogP contribution in [0.4, 0.5) is 4.79 Å². The summed E-state index contributed by atoms with van der Waals surface area (Å²) in [7, 11) is 0. The summed E-state index contributed by atoms with van der Waals surface area (Å²) in [6.45, 7) is 1.01. The van der Waals surface area contributed by atoms with Crippen LogP contribution < -0.4 is 5.32 Å². The van der Waals surface area contributed by atoms with Gasteiger partial charge in [-0.05, 0) is 25.7 Å². The molecular formula is C13H24N2O4. The summed E-state index contributed by atoms with van der Waals surface area (Å²) in [6.07, 6.45) is 5.65. The number of aliphatic hydroxyl groups excluding tert-OH is 1. The molecule has 19 heavy (non-hydrogen) atoms. The summed E-state index contributed by atoms with van der Waals surface area (Å²) in [4.78, 5) is 23.8. The van der Waals surface area contributed by atoms with Crippen LogP contribution >= 0.6 is 0 Å². The number of nitrogens with zero attached hydrogens (tertiary/aromatic N) is 1. The maximum absolute atomic E-state index is 11.8. The molecule has 0 spiro atoms. The van der Waals surface area contributed by atoms with Crippen LogP contribution in [0.5, 0.6) is 0 Å². The minimum Gasteiger partial charge on any atom is -0.481 e. The summed E-state index contributed by atoms with van der Waals surface area (Å²) in [5.74, 6) is -0.752. The van der Waals surface area contributed by atoms with Gasteiger partial charge in [0.15, 0.2) is 0 Å². The Morgan fingerprint density at radius 1 is 1.16 bits per heavy atom. The second kappa shape index (κ2) is 8.74. The molecule has 110 valence electrons. The van der Waals surface area contributed by atoms with Gasteiger partial charge < -0.3 is 20.4 Å². The lowest BCUT2D eigenvalue weighted by Gasteiger charge is -2.21. The van der Waals surface area contributed by atoms with Gasteiger partial charge >= 0.3 is 12.0 Å². The Morgan fingerprint density at radius 2 is 1.84 bits per heavy atom. The average Bonchev–Trinajstić information content (AvgIpc) is 3.18. The lowest BCUT2D eigenvalue weighted by Crippen LogP contribution is -2.43. The van der Waals surface area contributed by atoms with Crippen LogP contribution in [-0.4, -0.2) is 52.9 Å². The molecule has 0 aromatic carbocycles. The zero-order valence-electron chi connectivity index (χ0n) is 11.3. The predicted octanol–water partition coefficient (Wildman–Crippen LogP) is 1.19. The third-order valence-electron chi connectivity index (χ3n) is 3.18. The molecular weight excluding hydrogens is 248 g/mol. The minimum atomic E-state index is -0.752. The van der Waals surface area contributed by atoms with Crippen LogP contribution in [0, 0.1) is 0 Å². The molecule has 6 heteroatoms. The van der Waals surface area contributed by atoms with E-state index in [2.05, 4.69) is 5.32 Å². The minimum absolute atomic E-state index is 0.000885. The number of rotatable bonds is 10. The first-order valence-corrected chi connectivity index (χ1v) is 7.02. The van der Waals surface area contributed by atoms with Crippen molar-refractivity contribution >= 4 is 12.0 Å². The number of amides is 2. The molecule has 0 aliphatic heterocycles. The Balaban J connectivity index is 2.01. The van der Waals surface area contributed by atoms with Gasteiger partial charge in [0.25, 0.3) is 0 Å². The molecule has 6 nitrogen and oxygen atoms in total. The zero-order chi connectivity index (χ0) is 14.1. The van der Waals surface area contributed by atoms with Crippen molar-refractivity contribution < 1.29 is 19.8 Å². The van der Waals surface area contributed by atoms with Crippen molar-refractivity contribution in [2.45, 2.75) is 51.0 Å². The van der Waals surface area contributed by atoms with E-state index in [4.69, 9.17) is 10.2 Å². The van der Waals surface area contributed by atoms with Crippen LogP contribution in [0.1, 0.15) is 44.9 Å². The van der Waals surface area contributed by atoms with Crippen molar-refractivity contribution in [3.05, 3.63) is 0 Å².